The maximum absolute atomic E-state index is 12.6. The number of rotatable bonds is 4. The summed E-state index contributed by atoms with van der Waals surface area (Å²) in [4.78, 5) is 18.9. The third-order valence-electron chi connectivity index (χ3n) is 4.76. The smallest absolute Gasteiger partial charge is 0.227 e. The average Bonchev–Trinajstić information content (AvgIpc) is 3.08. The minimum atomic E-state index is 0.173. The zero-order valence-corrected chi connectivity index (χ0v) is 14.1. The summed E-state index contributed by atoms with van der Waals surface area (Å²) in [6.45, 7) is 8.37. The monoisotopic (exact) mass is 316 g/mol. The van der Waals surface area contributed by atoms with E-state index in [1.165, 1.54) is 0 Å². The molecule has 6 nitrogen and oxygen atoms in total. The molecule has 0 radical (unpaired) electrons. The lowest BCUT2D eigenvalue weighted by Crippen LogP contribution is -2.42. The highest BCUT2D eigenvalue weighted by Crippen LogP contribution is 2.21. The Bertz CT molecular complexity index is 669. The summed E-state index contributed by atoms with van der Waals surface area (Å²) in [5, 5.41) is 3.93. The van der Waals surface area contributed by atoms with Crippen LogP contribution in [0.15, 0.2) is 16.9 Å². The van der Waals surface area contributed by atoms with Gasteiger partial charge in [0.05, 0.1) is 12.1 Å². The van der Waals surface area contributed by atoms with Crippen LogP contribution in [0.5, 0.6) is 0 Å². The van der Waals surface area contributed by atoms with Crippen LogP contribution in [0.1, 0.15) is 35.7 Å². The first-order valence-electron chi connectivity index (χ1n) is 8.22. The first kappa shape index (κ1) is 15.8. The van der Waals surface area contributed by atoms with Gasteiger partial charge in [-0.05, 0) is 39.5 Å². The Kier molecular flexibility index (Phi) is 4.50. The molecule has 1 amide bonds. The van der Waals surface area contributed by atoms with Gasteiger partial charge in [-0.1, -0.05) is 5.16 Å². The summed E-state index contributed by atoms with van der Waals surface area (Å²) in [5.41, 5.74) is 1.75. The Balaban J connectivity index is 1.62. The highest BCUT2D eigenvalue weighted by atomic mass is 16.5. The standard InChI is InChI=1S/C17H24N4O2/c1-12-16(13(2)23-19-12)9-17(22)21-7-4-5-15(11-21)10-20-8-6-18-14(20)3/h6,8,15H,4-5,7,9-11H2,1-3H3/t15-/m0/s1. The molecule has 6 heteroatoms. The van der Waals surface area contributed by atoms with Crippen molar-refractivity contribution >= 4 is 5.91 Å². The van der Waals surface area contributed by atoms with Crippen molar-refractivity contribution in [1.82, 2.24) is 19.6 Å². The van der Waals surface area contributed by atoms with Gasteiger partial charge in [-0.25, -0.2) is 4.98 Å². The number of nitrogens with zero attached hydrogens (tertiary/aromatic N) is 4. The van der Waals surface area contributed by atoms with E-state index in [-0.39, 0.29) is 5.91 Å². The fraction of sp³-hybridized carbons (Fsp3) is 0.588. The first-order valence-corrected chi connectivity index (χ1v) is 8.22. The summed E-state index contributed by atoms with van der Waals surface area (Å²) in [6.07, 6.45) is 6.45. The number of carbonyl (C=O) groups excluding carboxylic acids is 1. The lowest BCUT2D eigenvalue weighted by atomic mass is 9.97. The van der Waals surface area contributed by atoms with Crippen LogP contribution >= 0.6 is 0 Å². The third-order valence-corrected chi connectivity index (χ3v) is 4.76. The molecule has 1 aliphatic rings. The zero-order valence-electron chi connectivity index (χ0n) is 14.1. The van der Waals surface area contributed by atoms with E-state index < -0.39 is 0 Å². The molecular formula is C17H24N4O2. The molecule has 2 aromatic heterocycles. The van der Waals surface area contributed by atoms with E-state index in [0.717, 1.165) is 55.3 Å². The molecule has 0 N–H and O–H groups in total. The Morgan fingerprint density at radius 3 is 2.87 bits per heavy atom. The molecule has 1 aliphatic heterocycles. The van der Waals surface area contributed by atoms with Crippen molar-refractivity contribution in [1.29, 1.82) is 0 Å². The van der Waals surface area contributed by atoms with Gasteiger partial charge in [0.2, 0.25) is 5.91 Å². The van der Waals surface area contributed by atoms with E-state index in [9.17, 15) is 4.79 Å². The van der Waals surface area contributed by atoms with E-state index in [1.54, 1.807) is 0 Å². The van der Waals surface area contributed by atoms with Crippen LogP contribution in [-0.2, 0) is 17.8 Å². The molecule has 124 valence electrons. The first-order chi connectivity index (χ1) is 11.0. The number of aryl methyl sites for hydroxylation is 3. The van der Waals surface area contributed by atoms with Gasteiger partial charge < -0.3 is 14.0 Å². The SMILES string of the molecule is Cc1noc(C)c1CC(=O)N1CCC[C@@H](Cn2ccnc2C)C1. The second-order valence-corrected chi connectivity index (χ2v) is 6.45. The zero-order chi connectivity index (χ0) is 16.4. The molecule has 3 heterocycles. The molecule has 0 spiro atoms. The van der Waals surface area contributed by atoms with Crippen LogP contribution in [0, 0.1) is 26.7 Å². The van der Waals surface area contributed by atoms with Crippen LogP contribution in [0.25, 0.3) is 0 Å². The Hall–Kier alpha value is -2.11. The Morgan fingerprint density at radius 1 is 1.39 bits per heavy atom. The van der Waals surface area contributed by atoms with Gasteiger partial charge in [0.25, 0.3) is 0 Å². The van der Waals surface area contributed by atoms with Crippen molar-refractivity contribution in [3.63, 3.8) is 0 Å². The maximum Gasteiger partial charge on any atom is 0.227 e. The molecule has 23 heavy (non-hydrogen) atoms. The number of amides is 1. The third kappa shape index (κ3) is 3.46. The maximum atomic E-state index is 12.6. The fourth-order valence-electron chi connectivity index (χ4n) is 3.33. The molecule has 1 atom stereocenters. The van der Waals surface area contributed by atoms with Crippen LogP contribution in [0.3, 0.4) is 0 Å². The van der Waals surface area contributed by atoms with Crippen molar-refractivity contribution in [3.05, 3.63) is 35.2 Å². The van der Waals surface area contributed by atoms with E-state index in [4.69, 9.17) is 4.52 Å². The van der Waals surface area contributed by atoms with Gasteiger partial charge >= 0.3 is 0 Å². The van der Waals surface area contributed by atoms with Crippen LogP contribution in [-0.4, -0.2) is 38.6 Å². The van der Waals surface area contributed by atoms with Crippen molar-refractivity contribution in [3.8, 4) is 0 Å². The van der Waals surface area contributed by atoms with E-state index in [1.807, 2.05) is 38.1 Å². The Morgan fingerprint density at radius 2 is 2.22 bits per heavy atom. The molecule has 1 fully saturated rings. The quantitative estimate of drug-likeness (QED) is 0.868. The van der Waals surface area contributed by atoms with Crippen LogP contribution in [0.4, 0.5) is 0 Å². The van der Waals surface area contributed by atoms with Gasteiger partial charge in [0.1, 0.15) is 11.6 Å². The van der Waals surface area contributed by atoms with Crippen molar-refractivity contribution in [2.75, 3.05) is 13.1 Å². The highest BCUT2D eigenvalue weighted by Gasteiger charge is 2.25. The number of piperidine rings is 1. The van der Waals surface area contributed by atoms with Crippen molar-refractivity contribution in [2.24, 2.45) is 5.92 Å². The molecule has 0 aromatic carbocycles. The number of likely N-dealkylation sites (tertiary alicyclic amines) is 1. The summed E-state index contributed by atoms with van der Waals surface area (Å²) >= 11 is 0. The molecule has 0 saturated carbocycles. The number of aromatic nitrogens is 3. The number of imidazole rings is 1. The molecule has 3 rings (SSSR count). The predicted octanol–water partition coefficient (Wildman–Crippen LogP) is 2.28. The second kappa shape index (κ2) is 6.56. The van der Waals surface area contributed by atoms with E-state index >= 15 is 0 Å². The molecule has 0 unspecified atom stereocenters. The summed E-state index contributed by atoms with van der Waals surface area (Å²) in [6, 6.07) is 0. The molecule has 2 aromatic rings. The van der Waals surface area contributed by atoms with E-state index in [2.05, 4.69) is 14.7 Å². The lowest BCUT2D eigenvalue weighted by molar-refractivity contribution is -0.132. The Labute approximate surface area is 136 Å². The topological polar surface area (TPSA) is 64.2 Å². The molecular weight excluding hydrogens is 292 g/mol. The minimum absolute atomic E-state index is 0.173. The number of carbonyl (C=O) groups is 1. The molecule has 0 aliphatic carbocycles. The van der Waals surface area contributed by atoms with Crippen molar-refractivity contribution < 1.29 is 9.32 Å². The normalized spacial score (nSPS) is 18.4. The highest BCUT2D eigenvalue weighted by molar-refractivity contribution is 5.79. The van der Waals surface area contributed by atoms with E-state index in [0.29, 0.717) is 12.3 Å². The van der Waals surface area contributed by atoms with Gasteiger partial charge in [0.15, 0.2) is 0 Å². The van der Waals surface area contributed by atoms with Crippen LogP contribution in [0.2, 0.25) is 0 Å². The van der Waals surface area contributed by atoms with Crippen LogP contribution < -0.4 is 0 Å². The summed E-state index contributed by atoms with van der Waals surface area (Å²) < 4.78 is 7.33. The average molecular weight is 316 g/mol. The molecule has 0 bridgehead atoms. The number of hydrogen-bond acceptors (Lipinski definition) is 4. The summed E-state index contributed by atoms with van der Waals surface area (Å²) in [5.74, 6) is 2.44. The number of hydrogen-bond donors (Lipinski definition) is 0. The summed E-state index contributed by atoms with van der Waals surface area (Å²) in [7, 11) is 0. The second-order valence-electron chi connectivity index (χ2n) is 6.45. The largest absolute Gasteiger partial charge is 0.361 e. The van der Waals surface area contributed by atoms with Gasteiger partial charge in [-0.3, -0.25) is 4.79 Å². The van der Waals surface area contributed by atoms with Crippen molar-refractivity contribution in [2.45, 2.75) is 46.6 Å². The molecule has 1 saturated heterocycles. The van der Waals surface area contributed by atoms with Gasteiger partial charge in [0, 0.05) is 37.6 Å². The minimum Gasteiger partial charge on any atom is -0.361 e. The van der Waals surface area contributed by atoms with Gasteiger partial charge in [-0.2, -0.15) is 0 Å². The van der Waals surface area contributed by atoms with Gasteiger partial charge in [-0.15, -0.1) is 0 Å². The predicted molar refractivity (Wildman–Crippen MR) is 85.9 cm³/mol. The fourth-order valence-corrected chi connectivity index (χ4v) is 3.33. The lowest BCUT2D eigenvalue weighted by Gasteiger charge is -2.33.